The lowest BCUT2D eigenvalue weighted by molar-refractivity contribution is -0.122. The largest absolute Gasteiger partial charge is 0.350 e. The van der Waals surface area contributed by atoms with Crippen LogP contribution in [0.15, 0.2) is 48.5 Å². The van der Waals surface area contributed by atoms with Gasteiger partial charge in [0.25, 0.3) is 0 Å². The second-order valence-electron chi connectivity index (χ2n) is 6.11. The van der Waals surface area contributed by atoms with Crippen molar-refractivity contribution in [2.75, 3.05) is 14.1 Å². The molecule has 1 amide bonds. The third-order valence-corrected chi connectivity index (χ3v) is 3.78. The molecule has 1 unspecified atom stereocenters. The van der Waals surface area contributed by atoms with Crippen LogP contribution in [0.2, 0.25) is 0 Å². The SMILES string of the molecule is Cc1ccc(C(N)C(=O)NCc2ccccc2CN(C)C)cc1. The van der Waals surface area contributed by atoms with Gasteiger partial charge in [-0.1, -0.05) is 54.1 Å². The van der Waals surface area contributed by atoms with Crippen molar-refractivity contribution in [3.63, 3.8) is 0 Å². The molecular formula is C19H25N3O. The van der Waals surface area contributed by atoms with E-state index in [0.29, 0.717) is 6.54 Å². The van der Waals surface area contributed by atoms with Crippen molar-refractivity contribution in [2.45, 2.75) is 26.1 Å². The molecule has 0 aliphatic rings. The lowest BCUT2D eigenvalue weighted by Gasteiger charge is -2.16. The molecule has 0 aliphatic heterocycles. The quantitative estimate of drug-likeness (QED) is 0.861. The van der Waals surface area contributed by atoms with E-state index >= 15 is 0 Å². The van der Waals surface area contributed by atoms with Crippen molar-refractivity contribution in [1.82, 2.24) is 10.2 Å². The Morgan fingerprint density at radius 2 is 1.70 bits per heavy atom. The standard InChI is InChI=1S/C19H25N3O/c1-14-8-10-15(11-9-14)18(20)19(23)21-12-16-6-4-5-7-17(16)13-22(2)3/h4-11,18H,12-13,20H2,1-3H3,(H,21,23). The molecule has 0 saturated carbocycles. The smallest absolute Gasteiger partial charge is 0.241 e. The lowest BCUT2D eigenvalue weighted by Crippen LogP contribution is -2.34. The fourth-order valence-corrected chi connectivity index (χ4v) is 2.44. The third kappa shape index (κ3) is 4.91. The molecule has 0 aromatic heterocycles. The van der Waals surface area contributed by atoms with Gasteiger partial charge in [0.1, 0.15) is 6.04 Å². The van der Waals surface area contributed by atoms with Gasteiger partial charge < -0.3 is 16.0 Å². The summed E-state index contributed by atoms with van der Waals surface area (Å²) in [6.45, 7) is 3.34. The highest BCUT2D eigenvalue weighted by Gasteiger charge is 2.15. The highest BCUT2D eigenvalue weighted by molar-refractivity contribution is 5.82. The van der Waals surface area contributed by atoms with Gasteiger partial charge in [-0.25, -0.2) is 0 Å². The molecule has 0 fully saturated rings. The normalized spacial score (nSPS) is 12.2. The summed E-state index contributed by atoms with van der Waals surface area (Å²) in [4.78, 5) is 14.4. The maximum atomic E-state index is 12.3. The van der Waals surface area contributed by atoms with Gasteiger partial charge in [-0.15, -0.1) is 0 Å². The lowest BCUT2D eigenvalue weighted by atomic mass is 10.0. The Morgan fingerprint density at radius 1 is 1.09 bits per heavy atom. The summed E-state index contributed by atoms with van der Waals surface area (Å²) in [5.41, 5.74) is 10.4. The number of hydrogen-bond acceptors (Lipinski definition) is 3. The Labute approximate surface area is 138 Å². The highest BCUT2D eigenvalue weighted by atomic mass is 16.2. The van der Waals surface area contributed by atoms with Crippen molar-refractivity contribution in [1.29, 1.82) is 0 Å². The molecule has 2 aromatic carbocycles. The van der Waals surface area contributed by atoms with Crippen LogP contribution in [0.25, 0.3) is 0 Å². The average molecular weight is 311 g/mol. The van der Waals surface area contributed by atoms with Gasteiger partial charge in [-0.05, 0) is 37.7 Å². The summed E-state index contributed by atoms with van der Waals surface area (Å²) >= 11 is 0. The number of benzene rings is 2. The van der Waals surface area contributed by atoms with Gasteiger partial charge in [0.05, 0.1) is 0 Å². The first-order chi connectivity index (χ1) is 11.0. The minimum Gasteiger partial charge on any atom is -0.350 e. The summed E-state index contributed by atoms with van der Waals surface area (Å²) in [7, 11) is 4.06. The molecule has 0 heterocycles. The van der Waals surface area contributed by atoms with Gasteiger partial charge in [-0.2, -0.15) is 0 Å². The zero-order valence-electron chi connectivity index (χ0n) is 14.0. The van der Waals surface area contributed by atoms with E-state index in [9.17, 15) is 4.79 Å². The number of amides is 1. The van der Waals surface area contributed by atoms with Crippen LogP contribution in [0, 0.1) is 6.92 Å². The van der Waals surface area contributed by atoms with Gasteiger partial charge in [0, 0.05) is 13.1 Å². The summed E-state index contributed by atoms with van der Waals surface area (Å²) in [6, 6.07) is 15.2. The van der Waals surface area contributed by atoms with E-state index in [2.05, 4.69) is 16.3 Å². The minimum atomic E-state index is -0.642. The van der Waals surface area contributed by atoms with Gasteiger partial charge in [0.2, 0.25) is 5.91 Å². The molecule has 23 heavy (non-hydrogen) atoms. The molecule has 4 heteroatoms. The van der Waals surface area contributed by atoms with Gasteiger partial charge >= 0.3 is 0 Å². The van der Waals surface area contributed by atoms with Crippen LogP contribution in [0.4, 0.5) is 0 Å². The molecule has 3 N–H and O–H groups in total. The molecular weight excluding hydrogens is 286 g/mol. The van der Waals surface area contributed by atoms with E-state index in [1.54, 1.807) is 0 Å². The number of nitrogens with two attached hydrogens (primary N) is 1. The molecule has 0 spiro atoms. The monoisotopic (exact) mass is 311 g/mol. The predicted molar refractivity (Wildman–Crippen MR) is 93.8 cm³/mol. The number of carbonyl (C=O) groups is 1. The Morgan fingerprint density at radius 3 is 2.30 bits per heavy atom. The molecule has 0 aliphatic carbocycles. The van der Waals surface area contributed by atoms with E-state index in [4.69, 9.17) is 5.73 Å². The van der Waals surface area contributed by atoms with Crippen molar-refractivity contribution in [2.24, 2.45) is 5.73 Å². The Hall–Kier alpha value is -2.17. The fourth-order valence-electron chi connectivity index (χ4n) is 2.44. The van der Waals surface area contributed by atoms with Crippen LogP contribution in [-0.4, -0.2) is 24.9 Å². The zero-order chi connectivity index (χ0) is 16.8. The molecule has 4 nitrogen and oxygen atoms in total. The van der Waals surface area contributed by atoms with E-state index in [-0.39, 0.29) is 5.91 Å². The number of aryl methyl sites for hydroxylation is 1. The predicted octanol–water partition coefficient (Wildman–Crippen LogP) is 2.37. The third-order valence-electron chi connectivity index (χ3n) is 3.78. The van der Waals surface area contributed by atoms with Crippen molar-refractivity contribution in [3.05, 3.63) is 70.8 Å². The summed E-state index contributed by atoms with van der Waals surface area (Å²) in [5, 5.41) is 2.94. The number of rotatable bonds is 6. The van der Waals surface area contributed by atoms with Crippen LogP contribution >= 0.6 is 0 Å². The van der Waals surface area contributed by atoms with E-state index in [1.165, 1.54) is 5.56 Å². The van der Waals surface area contributed by atoms with Crippen LogP contribution < -0.4 is 11.1 Å². The first-order valence-corrected chi connectivity index (χ1v) is 7.78. The molecule has 0 bridgehead atoms. The van der Waals surface area contributed by atoms with Crippen LogP contribution in [0.1, 0.15) is 28.3 Å². The molecule has 1 atom stereocenters. The fraction of sp³-hybridized carbons (Fsp3) is 0.316. The zero-order valence-corrected chi connectivity index (χ0v) is 14.0. The second-order valence-corrected chi connectivity index (χ2v) is 6.11. The maximum absolute atomic E-state index is 12.3. The van der Waals surface area contributed by atoms with Gasteiger partial charge in [-0.3, -0.25) is 4.79 Å². The average Bonchev–Trinajstić information content (AvgIpc) is 2.53. The topological polar surface area (TPSA) is 58.4 Å². The van der Waals surface area contributed by atoms with Crippen LogP contribution in [0.5, 0.6) is 0 Å². The second kappa shape index (κ2) is 7.90. The van der Waals surface area contributed by atoms with Crippen molar-refractivity contribution < 1.29 is 4.79 Å². The summed E-state index contributed by atoms with van der Waals surface area (Å²) < 4.78 is 0. The summed E-state index contributed by atoms with van der Waals surface area (Å²) in [6.07, 6.45) is 0. The maximum Gasteiger partial charge on any atom is 0.241 e. The molecule has 2 aromatic rings. The number of nitrogens with one attached hydrogen (secondary N) is 1. The molecule has 122 valence electrons. The number of hydrogen-bond donors (Lipinski definition) is 2. The van der Waals surface area contributed by atoms with Crippen molar-refractivity contribution in [3.8, 4) is 0 Å². The summed E-state index contributed by atoms with van der Waals surface area (Å²) in [5.74, 6) is -0.159. The van der Waals surface area contributed by atoms with E-state index in [0.717, 1.165) is 23.2 Å². The molecule has 0 radical (unpaired) electrons. The molecule has 2 rings (SSSR count). The van der Waals surface area contributed by atoms with E-state index < -0.39 is 6.04 Å². The molecule has 0 saturated heterocycles. The Bertz CT molecular complexity index is 650. The van der Waals surface area contributed by atoms with E-state index in [1.807, 2.05) is 63.5 Å². The van der Waals surface area contributed by atoms with Crippen molar-refractivity contribution >= 4 is 5.91 Å². The van der Waals surface area contributed by atoms with Crippen LogP contribution in [-0.2, 0) is 17.9 Å². The Kier molecular flexibility index (Phi) is 5.90. The highest BCUT2D eigenvalue weighted by Crippen LogP contribution is 2.13. The van der Waals surface area contributed by atoms with Crippen LogP contribution in [0.3, 0.4) is 0 Å². The number of nitrogens with zero attached hydrogens (tertiary/aromatic N) is 1. The number of carbonyl (C=O) groups excluding carboxylic acids is 1. The first kappa shape index (κ1) is 17.2. The first-order valence-electron chi connectivity index (χ1n) is 7.78. The Balaban J connectivity index is 2.00. The van der Waals surface area contributed by atoms with Gasteiger partial charge in [0.15, 0.2) is 0 Å². The minimum absolute atomic E-state index is 0.159.